The molecule has 1 aliphatic rings. The molecule has 134 valence electrons. The number of hydrogen-bond donors (Lipinski definition) is 3. The number of nitrogens with two attached hydrogens (primary N) is 1. The Hall–Kier alpha value is -2.61. The smallest absolute Gasteiger partial charge is 0.343 e. The van der Waals surface area contributed by atoms with Gasteiger partial charge in [0.25, 0.3) is 0 Å². The third kappa shape index (κ3) is 3.58. The van der Waals surface area contributed by atoms with Gasteiger partial charge in [0.2, 0.25) is 0 Å². The van der Waals surface area contributed by atoms with Gasteiger partial charge >= 0.3 is 5.97 Å². The average Bonchev–Trinajstić information content (AvgIpc) is 3.01. The molecule has 0 unspecified atom stereocenters. The van der Waals surface area contributed by atoms with Gasteiger partial charge in [-0.25, -0.2) is 9.18 Å². The number of anilines is 1. The quantitative estimate of drug-likeness (QED) is 0.761. The fourth-order valence-corrected chi connectivity index (χ4v) is 3.04. The molecule has 7 nitrogen and oxygen atoms in total. The number of hydrogen-bond acceptors (Lipinski definition) is 6. The molecule has 0 radical (unpaired) electrons. The zero-order chi connectivity index (χ0) is 18.0. The number of methoxy groups -OCH3 is 1. The van der Waals surface area contributed by atoms with Crippen LogP contribution in [0.5, 0.6) is 5.75 Å². The Morgan fingerprint density at radius 3 is 2.76 bits per heavy atom. The molecule has 0 atom stereocenters. The predicted octanol–water partition coefficient (Wildman–Crippen LogP) is 2.87. The molecule has 1 aliphatic carbocycles. The van der Waals surface area contributed by atoms with Crippen molar-refractivity contribution in [1.82, 2.24) is 5.16 Å². The molecular weight excluding hydrogens is 329 g/mol. The lowest BCUT2D eigenvalue weighted by Crippen LogP contribution is -2.33. The SMILES string of the molecule is COc1cc(-c2onc(NC3CCC(N)CC3)c2C(=O)O)ccc1F. The maximum absolute atomic E-state index is 13.6. The molecule has 0 saturated heterocycles. The topological polar surface area (TPSA) is 111 Å². The minimum absolute atomic E-state index is 0.000941. The lowest BCUT2D eigenvalue weighted by Gasteiger charge is -2.26. The molecule has 1 heterocycles. The Balaban J connectivity index is 1.91. The van der Waals surface area contributed by atoms with Gasteiger partial charge in [0.15, 0.2) is 28.7 Å². The lowest BCUT2D eigenvalue weighted by molar-refractivity contribution is 0.0698. The van der Waals surface area contributed by atoms with Crippen LogP contribution in [0.15, 0.2) is 22.7 Å². The van der Waals surface area contributed by atoms with Crippen LogP contribution in [0.3, 0.4) is 0 Å². The Bertz CT molecular complexity index is 769. The third-order valence-electron chi connectivity index (χ3n) is 4.43. The maximum Gasteiger partial charge on any atom is 0.343 e. The van der Waals surface area contributed by atoms with E-state index in [2.05, 4.69) is 10.5 Å². The van der Waals surface area contributed by atoms with Gasteiger partial charge in [0, 0.05) is 17.6 Å². The van der Waals surface area contributed by atoms with Crippen LogP contribution in [0, 0.1) is 5.82 Å². The number of rotatable bonds is 5. The summed E-state index contributed by atoms with van der Waals surface area (Å²) in [6.07, 6.45) is 3.43. The average molecular weight is 349 g/mol. The van der Waals surface area contributed by atoms with Crippen LogP contribution >= 0.6 is 0 Å². The summed E-state index contributed by atoms with van der Waals surface area (Å²) in [7, 11) is 1.33. The number of nitrogens with one attached hydrogen (secondary N) is 1. The second-order valence-corrected chi connectivity index (χ2v) is 6.15. The Labute approximate surface area is 143 Å². The first kappa shape index (κ1) is 17.2. The highest BCUT2D eigenvalue weighted by Crippen LogP contribution is 2.33. The second-order valence-electron chi connectivity index (χ2n) is 6.15. The standard InChI is InChI=1S/C17H20FN3O4/c1-24-13-8-9(2-7-12(13)18)15-14(17(22)23)16(21-25-15)20-11-5-3-10(19)4-6-11/h2,7-8,10-11H,3-6,19H2,1H3,(H,20,21)(H,22,23). The van der Waals surface area contributed by atoms with E-state index in [0.717, 1.165) is 25.7 Å². The summed E-state index contributed by atoms with van der Waals surface area (Å²) >= 11 is 0. The summed E-state index contributed by atoms with van der Waals surface area (Å²) in [5, 5.41) is 16.6. The summed E-state index contributed by atoms with van der Waals surface area (Å²) in [6, 6.07) is 4.29. The number of aromatic nitrogens is 1. The third-order valence-corrected chi connectivity index (χ3v) is 4.43. The number of carboxylic acids is 1. The van der Waals surface area contributed by atoms with Crippen LogP contribution in [-0.2, 0) is 0 Å². The van der Waals surface area contributed by atoms with Crippen molar-refractivity contribution >= 4 is 11.8 Å². The molecule has 1 fully saturated rings. The van der Waals surface area contributed by atoms with Crippen LogP contribution in [0.1, 0.15) is 36.0 Å². The van der Waals surface area contributed by atoms with Crippen molar-refractivity contribution in [2.24, 2.45) is 5.73 Å². The van der Waals surface area contributed by atoms with Gasteiger partial charge in [-0.1, -0.05) is 5.16 Å². The molecule has 0 spiro atoms. The van der Waals surface area contributed by atoms with Crippen LogP contribution < -0.4 is 15.8 Å². The predicted molar refractivity (Wildman–Crippen MR) is 89.3 cm³/mol. The van der Waals surface area contributed by atoms with Crippen molar-refractivity contribution in [3.05, 3.63) is 29.6 Å². The zero-order valence-electron chi connectivity index (χ0n) is 13.8. The normalized spacial score (nSPS) is 20.3. The van der Waals surface area contributed by atoms with Gasteiger partial charge < -0.3 is 25.4 Å². The van der Waals surface area contributed by atoms with Gasteiger partial charge in [-0.05, 0) is 43.9 Å². The first-order valence-corrected chi connectivity index (χ1v) is 8.08. The van der Waals surface area contributed by atoms with E-state index in [1.807, 2.05) is 0 Å². The fraction of sp³-hybridized carbons (Fsp3) is 0.412. The van der Waals surface area contributed by atoms with Crippen molar-refractivity contribution in [3.8, 4) is 17.1 Å². The van der Waals surface area contributed by atoms with E-state index in [1.165, 1.54) is 25.3 Å². The fourth-order valence-electron chi connectivity index (χ4n) is 3.04. The Kier molecular flexibility index (Phi) is 4.89. The molecule has 1 aromatic carbocycles. The molecule has 4 N–H and O–H groups in total. The van der Waals surface area contributed by atoms with E-state index in [4.69, 9.17) is 15.0 Å². The minimum Gasteiger partial charge on any atom is -0.494 e. The highest BCUT2D eigenvalue weighted by atomic mass is 19.1. The van der Waals surface area contributed by atoms with Gasteiger partial charge in [0.1, 0.15) is 0 Å². The Morgan fingerprint density at radius 2 is 2.12 bits per heavy atom. The van der Waals surface area contributed by atoms with E-state index >= 15 is 0 Å². The molecule has 25 heavy (non-hydrogen) atoms. The highest BCUT2D eigenvalue weighted by molar-refractivity contribution is 5.99. The van der Waals surface area contributed by atoms with E-state index in [0.29, 0.717) is 5.56 Å². The van der Waals surface area contributed by atoms with E-state index in [9.17, 15) is 14.3 Å². The Morgan fingerprint density at radius 1 is 1.40 bits per heavy atom. The van der Waals surface area contributed by atoms with Crippen molar-refractivity contribution in [2.45, 2.75) is 37.8 Å². The van der Waals surface area contributed by atoms with E-state index < -0.39 is 11.8 Å². The van der Waals surface area contributed by atoms with Crippen molar-refractivity contribution < 1.29 is 23.6 Å². The van der Waals surface area contributed by atoms with Crippen LogP contribution in [0.25, 0.3) is 11.3 Å². The number of carboxylic acid groups (broad SMARTS) is 1. The molecular formula is C17H20FN3O4. The summed E-state index contributed by atoms with van der Waals surface area (Å²) in [5.41, 5.74) is 6.19. The van der Waals surface area contributed by atoms with Gasteiger partial charge in [0.05, 0.1) is 7.11 Å². The summed E-state index contributed by atoms with van der Waals surface area (Å²) in [5.74, 6) is -1.48. The lowest BCUT2D eigenvalue weighted by atomic mass is 9.92. The molecule has 3 rings (SSSR count). The van der Waals surface area contributed by atoms with Gasteiger partial charge in [-0.3, -0.25) is 0 Å². The number of carbonyl (C=O) groups is 1. The maximum atomic E-state index is 13.6. The van der Waals surface area contributed by atoms with Gasteiger partial charge in [-0.2, -0.15) is 0 Å². The van der Waals surface area contributed by atoms with Crippen molar-refractivity contribution in [1.29, 1.82) is 0 Å². The first-order valence-electron chi connectivity index (χ1n) is 8.08. The van der Waals surface area contributed by atoms with E-state index in [-0.39, 0.29) is 35.0 Å². The molecule has 2 aromatic rings. The second kappa shape index (κ2) is 7.10. The van der Waals surface area contributed by atoms with Crippen LogP contribution in [-0.4, -0.2) is 35.4 Å². The minimum atomic E-state index is -1.17. The monoisotopic (exact) mass is 349 g/mol. The van der Waals surface area contributed by atoms with Crippen LogP contribution in [0.4, 0.5) is 10.2 Å². The van der Waals surface area contributed by atoms with Gasteiger partial charge in [-0.15, -0.1) is 0 Å². The summed E-state index contributed by atoms with van der Waals surface area (Å²) < 4.78 is 23.8. The zero-order valence-corrected chi connectivity index (χ0v) is 13.8. The molecule has 0 aliphatic heterocycles. The largest absolute Gasteiger partial charge is 0.494 e. The number of halogens is 1. The first-order chi connectivity index (χ1) is 12.0. The van der Waals surface area contributed by atoms with E-state index in [1.54, 1.807) is 0 Å². The highest BCUT2D eigenvalue weighted by Gasteiger charge is 2.27. The molecule has 1 saturated carbocycles. The molecule has 0 bridgehead atoms. The number of nitrogens with zero attached hydrogens (tertiary/aromatic N) is 1. The van der Waals surface area contributed by atoms with Crippen molar-refractivity contribution in [2.75, 3.05) is 12.4 Å². The van der Waals surface area contributed by atoms with Crippen molar-refractivity contribution in [3.63, 3.8) is 0 Å². The number of benzene rings is 1. The molecule has 0 amide bonds. The summed E-state index contributed by atoms with van der Waals surface area (Å²) in [6.45, 7) is 0. The summed E-state index contributed by atoms with van der Waals surface area (Å²) in [4.78, 5) is 11.7. The van der Waals surface area contributed by atoms with Crippen LogP contribution in [0.2, 0.25) is 0 Å². The number of ether oxygens (including phenoxy) is 1. The molecule has 8 heteroatoms. The molecule has 1 aromatic heterocycles. The number of aromatic carboxylic acids is 1.